The van der Waals surface area contributed by atoms with Crippen LogP contribution in [0.3, 0.4) is 0 Å². The number of aliphatic carboxylic acids is 1. The van der Waals surface area contributed by atoms with Crippen LogP contribution in [-0.2, 0) is 19.1 Å². The van der Waals surface area contributed by atoms with E-state index in [2.05, 4.69) is 15.5 Å². The topological polar surface area (TPSA) is 154 Å². The highest BCUT2D eigenvalue weighted by Crippen LogP contribution is 2.17. The van der Waals surface area contributed by atoms with Crippen LogP contribution in [0.5, 0.6) is 5.88 Å². The fraction of sp³-hybridized carbons (Fsp3) is 0.200. The molecule has 0 aliphatic heterocycles. The maximum absolute atomic E-state index is 13.1. The van der Waals surface area contributed by atoms with Crippen LogP contribution < -0.4 is 10.1 Å². The van der Waals surface area contributed by atoms with E-state index in [1.54, 1.807) is 38.1 Å². The lowest BCUT2D eigenvalue weighted by atomic mass is 10.1. The second-order valence-electron chi connectivity index (χ2n) is 7.68. The molecule has 2 aromatic carbocycles. The number of carbonyl (C=O) groups excluding carboxylic acids is 3. The SMILES string of the molecule is COc1ccc(NC(=O)[C@@H](OC(=O)c2cccc(C)c2)[C@H](OC(=O)c2cccc(C)c2)C(=O)O)nn1. The molecule has 0 aliphatic rings. The van der Waals surface area contributed by atoms with Gasteiger partial charge in [-0.3, -0.25) is 4.79 Å². The van der Waals surface area contributed by atoms with Crippen LogP contribution in [0.4, 0.5) is 5.82 Å². The Balaban J connectivity index is 1.91. The number of carbonyl (C=O) groups is 4. The minimum atomic E-state index is -2.17. The van der Waals surface area contributed by atoms with Crippen LogP contribution in [0.1, 0.15) is 31.8 Å². The fourth-order valence-electron chi connectivity index (χ4n) is 3.10. The summed E-state index contributed by atoms with van der Waals surface area (Å²) >= 11 is 0. The Morgan fingerprint density at radius 1 is 0.806 bits per heavy atom. The van der Waals surface area contributed by atoms with Gasteiger partial charge in [-0.2, -0.15) is 0 Å². The summed E-state index contributed by atoms with van der Waals surface area (Å²) in [6.45, 7) is 3.48. The van der Waals surface area contributed by atoms with Crippen molar-refractivity contribution in [2.75, 3.05) is 12.4 Å². The molecule has 3 aromatic rings. The predicted octanol–water partition coefficient (Wildman–Crippen LogP) is 2.58. The lowest BCUT2D eigenvalue weighted by molar-refractivity contribution is -0.157. The van der Waals surface area contributed by atoms with E-state index in [0.717, 1.165) is 11.1 Å². The molecule has 36 heavy (non-hydrogen) atoms. The second-order valence-corrected chi connectivity index (χ2v) is 7.68. The highest BCUT2D eigenvalue weighted by Gasteiger charge is 2.41. The Morgan fingerprint density at radius 3 is 1.81 bits per heavy atom. The fourth-order valence-corrected chi connectivity index (χ4v) is 3.10. The maximum atomic E-state index is 13.1. The van der Waals surface area contributed by atoms with E-state index in [9.17, 15) is 24.3 Å². The average Bonchev–Trinajstić information content (AvgIpc) is 2.86. The third kappa shape index (κ3) is 6.63. The molecule has 0 bridgehead atoms. The molecule has 0 radical (unpaired) electrons. The summed E-state index contributed by atoms with van der Waals surface area (Å²) in [4.78, 5) is 50.6. The molecule has 2 atom stereocenters. The molecule has 11 heteroatoms. The molecule has 3 rings (SSSR count). The molecule has 2 N–H and O–H groups in total. The van der Waals surface area contributed by atoms with E-state index in [-0.39, 0.29) is 22.8 Å². The Labute approximate surface area is 206 Å². The van der Waals surface area contributed by atoms with E-state index in [1.807, 2.05) is 0 Å². The Hall–Kier alpha value is -4.80. The molecule has 0 unspecified atom stereocenters. The van der Waals surface area contributed by atoms with E-state index in [1.165, 1.54) is 43.5 Å². The number of rotatable bonds is 9. The lowest BCUT2D eigenvalue weighted by Gasteiger charge is -2.23. The number of ether oxygens (including phenoxy) is 3. The maximum Gasteiger partial charge on any atom is 0.349 e. The molecule has 0 saturated heterocycles. The molecule has 1 amide bonds. The number of nitrogens with one attached hydrogen (secondary N) is 1. The zero-order valence-electron chi connectivity index (χ0n) is 19.6. The molecule has 0 saturated carbocycles. The zero-order valence-corrected chi connectivity index (χ0v) is 19.6. The van der Waals surface area contributed by atoms with Crippen LogP contribution >= 0.6 is 0 Å². The van der Waals surface area contributed by atoms with Crippen LogP contribution in [0.15, 0.2) is 60.7 Å². The van der Waals surface area contributed by atoms with Gasteiger partial charge in [-0.05, 0) is 44.2 Å². The second kappa shape index (κ2) is 11.6. The molecular formula is C25H23N3O8. The highest BCUT2D eigenvalue weighted by molar-refractivity contribution is 6.01. The van der Waals surface area contributed by atoms with Crippen molar-refractivity contribution >= 4 is 29.6 Å². The van der Waals surface area contributed by atoms with Gasteiger partial charge in [0.2, 0.25) is 18.1 Å². The molecule has 1 aromatic heterocycles. The van der Waals surface area contributed by atoms with Crippen molar-refractivity contribution < 1.29 is 38.5 Å². The smallest absolute Gasteiger partial charge is 0.349 e. The summed E-state index contributed by atoms with van der Waals surface area (Å²) in [6.07, 6.45) is -4.23. The first-order valence-electron chi connectivity index (χ1n) is 10.6. The zero-order chi connectivity index (χ0) is 26.2. The van der Waals surface area contributed by atoms with Crippen molar-refractivity contribution in [1.29, 1.82) is 0 Å². The number of carboxylic acid groups (broad SMARTS) is 1. The quantitative estimate of drug-likeness (QED) is 0.425. The van der Waals surface area contributed by atoms with Gasteiger partial charge in [-0.25, -0.2) is 14.4 Å². The number of anilines is 1. The molecule has 11 nitrogen and oxygen atoms in total. The number of esters is 2. The van der Waals surface area contributed by atoms with Crippen molar-refractivity contribution in [3.8, 4) is 5.88 Å². The Bertz CT molecular complexity index is 1280. The Morgan fingerprint density at radius 2 is 1.36 bits per heavy atom. The summed E-state index contributed by atoms with van der Waals surface area (Å²) in [5.41, 5.74) is 1.60. The standard InChI is InChI=1S/C25H23N3O8/c1-14-6-4-8-16(12-14)24(32)35-20(22(29)26-18-10-11-19(34-3)28-27-18)21(23(30)31)36-25(33)17-9-5-7-15(2)13-17/h4-13,20-21H,1-3H3,(H,30,31)(H,26,27,29)/t20-,21-/m0/s1. The van der Waals surface area contributed by atoms with Crippen molar-refractivity contribution in [3.63, 3.8) is 0 Å². The van der Waals surface area contributed by atoms with Gasteiger partial charge in [0.15, 0.2) is 5.82 Å². The third-order valence-corrected chi connectivity index (χ3v) is 4.85. The summed E-state index contributed by atoms with van der Waals surface area (Å²) in [5, 5.41) is 19.6. The Kier molecular flexibility index (Phi) is 8.29. The number of hydrogen-bond donors (Lipinski definition) is 2. The first-order chi connectivity index (χ1) is 17.2. The molecular weight excluding hydrogens is 470 g/mol. The number of aromatic nitrogens is 2. The summed E-state index contributed by atoms with van der Waals surface area (Å²) in [6, 6.07) is 15.3. The van der Waals surface area contributed by atoms with Crippen LogP contribution in [0, 0.1) is 13.8 Å². The van der Waals surface area contributed by atoms with Gasteiger partial charge in [0.05, 0.1) is 18.2 Å². The first kappa shape index (κ1) is 25.8. The van der Waals surface area contributed by atoms with Gasteiger partial charge in [-0.1, -0.05) is 35.4 Å². The first-order valence-corrected chi connectivity index (χ1v) is 10.6. The van der Waals surface area contributed by atoms with Crippen molar-refractivity contribution in [3.05, 3.63) is 82.9 Å². The van der Waals surface area contributed by atoms with Gasteiger partial charge >= 0.3 is 17.9 Å². The highest BCUT2D eigenvalue weighted by atomic mass is 16.6. The van der Waals surface area contributed by atoms with Gasteiger partial charge in [0, 0.05) is 6.07 Å². The van der Waals surface area contributed by atoms with Gasteiger partial charge < -0.3 is 24.6 Å². The average molecular weight is 493 g/mol. The minimum Gasteiger partial charge on any atom is -0.480 e. The monoisotopic (exact) mass is 493 g/mol. The number of methoxy groups -OCH3 is 1. The summed E-state index contributed by atoms with van der Waals surface area (Å²) in [5.74, 6) is -4.70. The van der Waals surface area contributed by atoms with Crippen LogP contribution in [0.2, 0.25) is 0 Å². The number of benzene rings is 2. The van der Waals surface area contributed by atoms with E-state index in [4.69, 9.17) is 14.2 Å². The number of amides is 1. The molecule has 0 spiro atoms. The van der Waals surface area contributed by atoms with E-state index < -0.39 is 36.0 Å². The molecule has 186 valence electrons. The van der Waals surface area contributed by atoms with Crippen LogP contribution in [0.25, 0.3) is 0 Å². The molecule has 1 heterocycles. The number of aryl methyl sites for hydroxylation is 2. The minimum absolute atomic E-state index is 0.0615. The predicted molar refractivity (Wildman–Crippen MR) is 126 cm³/mol. The summed E-state index contributed by atoms with van der Waals surface area (Å²) < 4.78 is 15.3. The lowest BCUT2D eigenvalue weighted by Crippen LogP contribution is -2.48. The van der Waals surface area contributed by atoms with Gasteiger partial charge in [0.25, 0.3) is 5.91 Å². The summed E-state index contributed by atoms with van der Waals surface area (Å²) in [7, 11) is 1.38. The largest absolute Gasteiger partial charge is 0.480 e. The third-order valence-electron chi connectivity index (χ3n) is 4.85. The normalized spacial score (nSPS) is 12.1. The van der Waals surface area contributed by atoms with Gasteiger partial charge in [-0.15, -0.1) is 10.2 Å². The van der Waals surface area contributed by atoms with E-state index >= 15 is 0 Å². The number of nitrogens with zero attached hydrogens (tertiary/aromatic N) is 2. The van der Waals surface area contributed by atoms with Crippen molar-refractivity contribution in [1.82, 2.24) is 10.2 Å². The molecule has 0 fully saturated rings. The number of hydrogen-bond acceptors (Lipinski definition) is 9. The van der Waals surface area contributed by atoms with Crippen LogP contribution in [-0.4, -0.2) is 58.4 Å². The molecule has 0 aliphatic carbocycles. The van der Waals surface area contributed by atoms with E-state index in [0.29, 0.717) is 0 Å². The van der Waals surface area contributed by atoms with Gasteiger partial charge in [0.1, 0.15) is 0 Å². The van der Waals surface area contributed by atoms with Crippen molar-refractivity contribution in [2.45, 2.75) is 26.1 Å². The van der Waals surface area contributed by atoms with Crippen molar-refractivity contribution in [2.24, 2.45) is 0 Å². The number of carboxylic acids is 1.